The number of hydrogen-bond acceptors (Lipinski definition) is 2. The molecule has 3 aliphatic carbocycles. The first kappa shape index (κ1) is 12.7. The van der Waals surface area contributed by atoms with Crippen LogP contribution in [0.4, 0.5) is 0 Å². The van der Waals surface area contributed by atoms with Crippen LogP contribution < -0.4 is 0 Å². The number of phenols is 1. The van der Waals surface area contributed by atoms with Crippen LogP contribution >= 0.6 is 0 Å². The highest BCUT2D eigenvalue weighted by Gasteiger charge is 2.52. The summed E-state index contributed by atoms with van der Waals surface area (Å²) in [6.45, 7) is 0.392. The number of aliphatic hydroxyl groups is 1. The molecule has 4 rings (SSSR count). The molecule has 3 aliphatic rings. The van der Waals surface area contributed by atoms with Crippen molar-refractivity contribution in [3.63, 3.8) is 0 Å². The van der Waals surface area contributed by atoms with E-state index < -0.39 is 0 Å². The van der Waals surface area contributed by atoms with Gasteiger partial charge in [0.05, 0.1) is 0 Å². The van der Waals surface area contributed by atoms with Crippen molar-refractivity contribution in [2.75, 3.05) is 6.61 Å². The highest BCUT2D eigenvalue weighted by atomic mass is 16.3. The van der Waals surface area contributed by atoms with E-state index in [9.17, 15) is 10.2 Å². The SMILES string of the molecule is OCC12CCCC1C1CCc3cc(O)ccc3C1CC2. The Bertz CT molecular complexity index is 524. The molecular formula is C18H24O2. The number of benzene rings is 1. The van der Waals surface area contributed by atoms with E-state index in [1.54, 1.807) is 0 Å². The third kappa shape index (κ3) is 1.67. The normalized spacial score (nSPS) is 39.0. The third-order valence-electron chi connectivity index (χ3n) is 6.55. The molecule has 0 aromatic heterocycles. The summed E-state index contributed by atoms with van der Waals surface area (Å²) in [5.74, 6) is 2.56. The van der Waals surface area contributed by atoms with Gasteiger partial charge in [-0.15, -0.1) is 0 Å². The molecule has 2 nitrogen and oxygen atoms in total. The minimum absolute atomic E-state index is 0.246. The fourth-order valence-corrected chi connectivity index (χ4v) is 5.64. The maximum absolute atomic E-state index is 9.94. The molecule has 20 heavy (non-hydrogen) atoms. The van der Waals surface area contributed by atoms with Crippen LogP contribution in [0.15, 0.2) is 18.2 Å². The minimum atomic E-state index is 0.246. The molecule has 2 saturated carbocycles. The van der Waals surface area contributed by atoms with Gasteiger partial charge in [0.25, 0.3) is 0 Å². The van der Waals surface area contributed by atoms with Crippen LogP contribution in [-0.4, -0.2) is 16.8 Å². The monoisotopic (exact) mass is 272 g/mol. The van der Waals surface area contributed by atoms with Crippen molar-refractivity contribution in [2.24, 2.45) is 17.3 Å². The maximum atomic E-state index is 9.94. The number of phenolic OH excluding ortho intramolecular Hbond substituents is 1. The van der Waals surface area contributed by atoms with Gasteiger partial charge in [0.1, 0.15) is 5.75 Å². The number of aryl methyl sites for hydroxylation is 1. The van der Waals surface area contributed by atoms with Crippen molar-refractivity contribution in [3.8, 4) is 5.75 Å². The van der Waals surface area contributed by atoms with Gasteiger partial charge in [-0.05, 0) is 85.0 Å². The Balaban J connectivity index is 1.71. The van der Waals surface area contributed by atoms with E-state index in [4.69, 9.17) is 0 Å². The molecule has 0 amide bonds. The predicted octanol–water partition coefficient (Wildman–Crippen LogP) is 3.61. The number of aliphatic hydroxyl groups excluding tert-OH is 1. The van der Waals surface area contributed by atoms with Crippen molar-refractivity contribution < 1.29 is 10.2 Å². The average Bonchev–Trinajstić information content (AvgIpc) is 2.91. The molecule has 0 radical (unpaired) electrons. The van der Waals surface area contributed by atoms with Gasteiger partial charge in [-0.3, -0.25) is 0 Å². The van der Waals surface area contributed by atoms with E-state index >= 15 is 0 Å². The second-order valence-electron chi connectivity index (χ2n) is 7.25. The van der Waals surface area contributed by atoms with Crippen LogP contribution in [0, 0.1) is 17.3 Å². The molecule has 0 heterocycles. The predicted molar refractivity (Wildman–Crippen MR) is 78.8 cm³/mol. The van der Waals surface area contributed by atoms with Crippen molar-refractivity contribution in [2.45, 2.75) is 50.9 Å². The Morgan fingerprint density at radius 3 is 2.90 bits per heavy atom. The molecule has 0 aliphatic heterocycles. The van der Waals surface area contributed by atoms with Gasteiger partial charge in [0.15, 0.2) is 0 Å². The summed E-state index contributed by atoms with van der Waals surface area (Å²) in [4.78, 5) is 0. The van der Waals surface area contributed by atoms with Crippen LogP contribution in [-0.2, 0) is 6.42 Å². The molecule has 0 saturated heterocycles. The quantitative estimate of drug-likeness (QED) is 0.820. The molecule has 1 aromatic carbocycles. The topological polar surface area (TPSA) is 40.5 Å². The number of aromatic hydroxyl groups is 1. The molecular weight excluding hydrogens is 248 g/mol. The summed E-state index contributed by atoms with van der Waals surface area (Å²) in [6, 6.07) is 5.97. The van der Waals surface area contributed by atoms with Crippen LogP contribution in [0.2, 0.25) is 0 Å². The zero-order valence-electron chi connectivity index (χ0n) is 12.0. The van der Waals surface area contributed by atoms with Crippen molar-refractivity contribution in [1.29, 1.82) is 0 Å². The summed E-state index contributed by atoms with van der Waals surface area (Å²) in [7, 11) is 0. The van der Waals surface area contributed by atoms with Crippen LogP contribution in [0.25, 0.3) is 0 Å². The second kappa shape index (κ2) is 4.49. The molecule has 4 atom stereocenters. The first-order valence-electron chi connectivity index (χ1n) is 8.16. The smallest absolute Gasteiger partial charge is 0.115 e. The molecule has 2 fully saturated rings. The summed E-state index contributed by atoms with van der Waals surface area (Å²) < 4.78 is 0. The Morgan fingerprint density at radius 1 is 1.15 bits per heavy atom. The van der Waals surface area contributed by atoms with E-state index in [0.717, 1.165) is 18.3 Å². The summed E-state index contributed by atoms with van der Waals surface area (Å²) in [5.41, 5.74) is 3.09. The molecule has 4 unspecified atom stereocenters. The lowest BCUT2D eigenvalue weighted by Crippen LogP contribution is -2.43. The van der Waals surface area contributed by atoms with E-state index in [1.807, 2.05) is 12.1 Å². The van der Waals surface area contributed by atoms with Crippen LogP contribution in [0.3, 0.4) is 0 Å². The molecule has 108 valence electrons. The Kier molecular flexibility index (Phi) is 2.85. The van der Waals surface area contributed by atoms with E-state index in [2.05, 4.69) is 6.07 Å². The van der Waals surface area contributed by atoms with Gasteiger partial charge in [0.2, 0.25) is 0 Å². The zero-order valence-corrected chi connectivity index (χ0v) is 12.0. The fraction of sp³-hybridized carbons (Fsp3) is 0.667. The first-order valence-corrected chi connectivity index (χ1v) is 8.16. The van der Waals surface area contributed by atoms with Crippen molar-refractivity contribution in [1.82, 2.24) is 0 Å². The second-order valence-corrected chi connectivity index (χ2v) is 7.25. The number of hydrogen-bond donors (Lipinski definition) is 2. The fourth-order valence-electron chi connectivity index (χ4n) is 5.64. The Hall–Kier alpha value is -1.02. The molecule has 2 heteroatoms. The van der Waals surface area contributed by atoms with Gasteiger partial charge in [-0.2, -0.15) is 0 Å². The average molecular weight is 272 g/mol. The molecule has 2 N–H and O–H groups in total. The standard InChI is InChI=1S/C18H24O2/c19-11-18-8-1-2-17(18)16-5-3-12-10-13(20)4-6-14(12)15(16)7-9-18/h4,6,10,15-17,19-20H,1-3,5,7-9,11H2. The maximum Gasteiger partial charge on any atom is 0.115 e. The third-order valence-corrected chi connectivity index (χ3v) is 6.55. The van der Waals surface area contributed by atoms with Gasteiger partial charge in [-0.25, -0.2) is 0 Å². The van der Waals surface area contributed by atoms with Crippen molar-refractivity contribution in [3.05, 3.63) is 29.3 Å². The van der Waals surface area contributed by atoms with E-state index in [-0.39, 0.29) is 5.41 Å². The highest BCUT2D eigenvalue weighted by Crippen LogP contribution is 2.60. The minimum Gasteiger partial charge on any atom is -0.508 e. The summed E-state index contributed by atoms with van der Waals surface area (Å²) in [5, 5.41) is 19.6. The van der Waals surface area contributed by atoms with Gasteiger partial charge >= 0.3 is 0 Å². The first-order chi connectivity index (χ1) is 9.73. The Morgan fingerprint density at radius 2 is 2.05 bits per heavy atom. The van der Waals surface area contributed by atoms with E-state index in [0.29, 0.717) is 18.3 Å². The van der Waals surface area contributed by atoms with E-state index in [1.165, 1.54) is 49.7 Å². The summed E-state index contributed by atoms with van der Waals surface area (Å²) in [6.07, 6.45) is 8.61. The lowest BCUT2D eigenvalue weighted by molar-refractivity contribution is -0.00368. The summed E-state index contributed by atoms with van der Waals surface area (Å²) >= 11 is 0. The number of rotatable bonds is 1. The largest absolute Gasteiger partial charge is 0.508 e. The lowest BCUT2D eigenvalue weighted by atomic mass is 9.55. The number of fused-ring (bicyclic) bond motifs is 5. The van der Waals surface area contributed by atoms with Crippen LogP contribution in [0.5, 0.6) is 5.75 Å². The highest BCUT2D eigenvalue weighted by molar-refractivity contribution is 5.40. The zero-order chi connectivity index (χ0) is 13.7. The Labute approximate surface area is 120 Å². The molecule has 0 bridgehead atoms. The van der Waals surface area contributed by atoms with Gasteiger partial charge < -0.3 is 10.2 Å². The molecule has 1 aromatic rings. The van der Waals surface area contributed by atoms with Gasteiger partial charge in [-0.1, -0.05) is 12.5 Å². The molecule has 0 spiro atoms. The van der Waals surface area contributed by atoms with Gasteiger partial charge in [0, 0.05) is 6.61 Å². The lowest BCUT2D eigenvalue weighted by Gasteiger charge is -2.50. The van der Waals surface area contributed by atoms with Crippen LogP contribution in [0.1, 0.15) is 55.6 Å². The van der Waals surface area contributed by atoms with Crippen molar-refractivity contribution >= 4 is 0 Å².